The summed E-state index contributed by atoms with van der Waals surface area (Å²) < 4.78 is 2.84. The Morgan fingerprint density at radius 3 is 2.94 bits per heavy atom. The van der Waals surface area contributed by atoms with E-state index < -0.39 is 0 Å². The second-order valence-corrected chi connectivity index (χ2v) is 4.90. The predicted molar refractivity (Wildman–Crippen MR) is 73.7 cm³/mol. The molecule has 3 rings (SSSR count). The van der Waals surface area contributed by atoms with Gasteiger partial charge in [0.05, 0.1) is 23.6 Å². The minimum absolute atomic E-state index is 0.752. The number of benzene rings is 1. The van der Waals surface area contributed by atoms with Crippen LogP contribution < -0.4 is 0 Å². The molecule has 0 amide bonds. The molecule has 0 atom stereocenters. The molecule has 1 aromatic carbocycles. The first-order valence-electron chi connectivity index (χ1n) is 5.72. The molecular formula is C13H11BrN4. The van der Waals surface area contributed by atoms with Crippen LogP contribution in [0.3, 0.4) is 0 Å². The summed E-state index contributed by atoms with van der Waals surface area (Å²) in [6, 6.07) is 6.06. The highest BCUT2D eigenvalue weighted by molar-refractivity contribution is 9.10. The van der Waals surface area contributed by atoms with Crippen molar-refractivity contribution in [2.45, 2.75) is 13.3 Å². The normalized spacial score (nSPS) is 11.0. The van der Waals surface area contributed by atoms with Crippen LogP contribution >= 0.6 is 15.9 Å². The van der Waals surface area contributed by atoms with E-state index in [1.54, 1.807) is 12.4 Å². The fraction of sp³-hybridized carbons (Fsp3) is 0.154. The lowest BCUT2D eigenvalue weighted by Crippen LogP contribution is -2.02. The highest BCUT2D eigenvalue weighted by Crippen LogP contribution is 2.21. The average molecular weight is 303 g/mol. The molecule has 0 saturated carbocycles. The first kappa shape index (κ1) is 11.3. The molecule has 0 spiro atoms. The zero-order valence-electron chi connectivity index (χ0n) is 9.84. The van der Waals surface area contributed by atoms with E-state index >= 15 is 0 Å². The van der Waals surface area contributed by atoms with Crippen LogP contribution in [0.2, 0.25) is 0 Å². The van der Waals surface area contributed by atoms with E-state index in [9.17, 15) is 0 Å². The Morgan fingerprint density at radius 2 is 2.11 bits per heavy atom. The summed E-state index contributed by atoms with van der Waals surface area (Å²) >= 11 is 3.47. The van der Waals surface area contributed by atoms with Gasteiger partial charge in [-0.1, -0.05) is 28.9 Å². The molecule has 0 aliphatic rings. The average Bonchev–Trinajstić information content (AvgIpc) is 2.81. The number of rotatable bonds is 2. The summed E-state index contributed by atoms with van der Waals surface area (Å²) in [6.45, 7) is 2.06. The maximum absolute atomic E-state index is 4.54. The number of halogens is 1. The lowest BCUT2D eigenvalue weighted by atomic mass is 10.2. The van der Waals surface area contributed by atoms with Gasteiger partial charge < -0.3 is 0 Å². The van der Waals surface area contributed by atoms with Crippen molar-refractivity contribution in [1.82, 2.24) is 19.7 Å². The van der Waals surface area contributed by atoms with Crippen LogP contribution in [0.15, 0.2) is 41.3 Å². The molecule has 0 saturated heterocycles. The zero-order chi connectivity index (χ0) is 12.5. The summed E-state index contributed by atoms with van der Waals surface area (Å²) in [6.07, 6.45) is 6.21. The SMILES string of the molecule is CCc1cncc(-n2ncc3ccc(Br)cc32)n1. The predicted octanol–water partition coefficient (Wildman–Crippen LogP) is 3.14. The quantitative estimate of drug-likeness (QED) is 0.730. The van der Waals surface area contributed by atoms with Crippen molar-refractivity contribution in [3.8, 4) is 5.82 Å². The Kier molecular flexibility index (Phi) is 2.83. The van der Waals surface area contributed by atoms with Gasteiger partial charge in [-0.2, -0.15) is 5.10 Å². The van der Waals surface area contributed by atoms with Gasteiger partial charge in [-0.3, -0.25) is 4.98 Å². The third-order valence-corrected chi connectivity index (χ3v) is 3.28. The van der Waals surface area contributed by atoms with Gasteiger partial charge in [0.1, 0.15) is 0 Å². The fourth-order valence-electron chi connectivity index (χ4n) is 1.84. The van der Waals surface area contributed by atoms with E-state index in [0.29, 0.717) is 0 Å². The van der Waals surface area contributed by atoms with Crippen LogP contribution in [-0.4, -0.2) is 19.7 Å². The summed E-state index contributed by atoms with van der Waals surface area (Å²) in [5.74, 6) is 0.752. The molecule has 2 heterocycles. The minimum atomic E-state index is 0.752. The van der Waals surface area contributed by atoms with Crippen LogP contribution in [0.5, 0.6) is 0 Å². The van der Waals surface area contributed by atoms with E-state index in [2.05, 4.69) is 37.9 Å². The van der Waals surface area contributed by atoms with Crippen molar-refractivity contribution in [2.24, 2.45) is 0 Å². The molecule has 4 nitrogen and oxygen atoms in total. The van der Waals surface area contributed by atoms with Crippen molar-refractivity contribution in [1.29, 1.82) is 0 Å². The molecule has 18 heavy (non-hydrogen) atoms. The third-order valence-electron chi connectivity index (χ3n) is 2.78. The Bertz CT molecular complexity index is 705. The van der Waals surface area contributed by atoms with Gasteiger partial charge in [0.2, 0.25) is 0 Å². The van der Waals surface area contributed by atoms with Crippen LogP contribution in [-0.2, 0) is 6.42 Å². The van der Waals surface area contributed by atoms with Gasteiger partial charge in [0, 0.05) is 16.1 Å². The maximum atomic E-state index is 4.54. The Morgan fingerprint density at radius 1 is 1.22 bits per heavy atom. The van der Waals surface area contributed by atoms with Gasteiger partial charge in [-0.25, -0.2) is 9.67 Å². The van der Waals surface area contributed by atoms with Gasteiger partial charge >= 0.3 is 0 Å². The number of nitrogens with zero attached hydrogens (tertiary/aromatic N) is 4. The molecule has 0 N–H and O–H groups in total. The van der Waals surface area contributed by atoms with Gasteiger partial charge in [0.15, 0.2) is 5.82 Å². The highest BCUT2D eigenvalue weighted by Gasteiger charge is 2.07. The van der Waals surface area contributed by atoms with E-state index in [-0.39, 0.29) is 0 Å². The number of hydrogen-bond acceptors (Lipinski definition) is 3. The van der Waals surface area contributed by atoms with E-state index in [0.717, 1.165) is 33.3 Å². The zero-order valence-corrected chi connectivity index (χ0v) is 11.4. The Labute approximate surface area is 113 Å². The van der Waals surface area contributed by atoms with Crippen LogP contribution in [0.4, 0.5) is 0 Å². The van der Waals surface area contributed by atoms with Crippen LogP contribution in [0, 0.1) is 0 Å². The topological polar surface area (TPSA) is 43.6 Å². The van der Waals surface area contributed by atoms with E-state index in [1.807, 2.05) is 29.1 Å². The van der Waals surface area contributed by atoms with Crippen LogP contribution in [0.25, 0.3) is 16.7 Å². The van der Waals surface area contributed by atoms with Crippen molar-refractivity contribution >= 4 is 26.8 Å². The molecule has 90 valence electrons. The second-order valence-electron chi connectivity index (χ2n) is 3.98. The molecule has 0 unspecified atom stereocenters. The number of aryl methyl sites for hydroxylation is 1. The molecule has 2 aromatic heterocycles. The first-order chi connectivity index (χ1) is 8.78. The molecule has 0 radical (unpaired) electrons. The number of aromatic nitrogens is 4. The summed E-state index contributed by atoms with van der Waals surface area (Å²) in [4.78, 5) is 8.74. The van der Waals surface area contributed by atoms with Gasteiger partial charge in [-0.15, -0.1) is 0 Å². The lowest BCUT2D eigenvalue weighted by Gasteiger charge is -2.04. The maximum Gasteiger partial charge on any atom is 0.172 e. The van der Waals surface area contributed by atoms with Crippen molar-refractivity contribution in [3.63, 3.8) is 0 Å². The van der Waals surface area contributed by atoms with Gasteiger partial charge in [-0.05, 0) is 18.6 Å². The fourth-order valence-corrected chi connectivity index (χ4v) is 2.19. The van der Waals surface area contributed by atoms with Crippen molar-refractivity contribution < 1.29 is 0 Å². The van der Waals surface area contributed by atoms with Gasteiger partial charge in [0.25, 0.3) is 0 Å². The second kappa shape index (κ2) is 4.49. The summed E-state index contributed by atoms with van der Waals surface area (Å²) in [5.41, 5.74) is 1.98. The number of hydrogen-bond donors (Lipinski definition) is 0. The molecular weight excluding hydrogens is 292 g/mol. The largest absolute Gasteiger partial charge is 0.259 e. The van der Waals surface area contributed by atoms with Crippen molar-refractivity contribution in [3.05, 3.63) is 47.0 Å². The Balaban J connectivity index is 2.21. The monoisotopic (exact) mass is 302 g/mol. The third kappa shape index (κ3) is 1.90. The van der Waals surface area contributed by atoms with E-state index in [1.165, 1.54) is 0 Å². The first-order valence-corrected chi connectivity index (χ1v) is 6.52. The molecule has 5 heteroatoms. The van der Waals surface area contributed by atoms with Crippen molar-refractivity contribution in [2.75, 3.05) is 0 Å². The Hall–Kier alpha value is -1.75. The molecule has 0 bridgehead atoms. The number of fused-ring (bicyclic) bond motifs is 1. The van der Waals surface area contributed by atoms with Crippen LogP contribution in [0.1, 0.15) is 12.6 Å². The molecule has 0 aliphatic carbocycles. The molecule has 3 aromatic rings. The smallest absolute Gasteiger partial charge is 0.172 e. The summed E-state index contributed by atoms with van der Waals surface area (Å²) in [5, 5.41) is 5.46. The minimum Gasteiger partial charge on any atom is -0.259 e. The van der Waals surface area contributed by atoms with E-state index in [4.69, 9.17) is 0 Å². The molecule has 0 fully saturated rings. The summed E-state index contributed by atoms with van der Waals surface area (Å²) in [7, 11) is 0. The highest BCUT2D eigenvalue weighted by atomic mass is 79.9. The molecule has 0 aliphatic heterocycles. The standard InChI is InChI=1S/C13H11BrN4/c1-2-11-7-15-8-13(17-11)18-12-5-10(14)4-3-9(12)6-16-18/h3-8H,2H2,1H3. The lowest BCUT2D eigenvalue weighted by molar-refractivity contribution is 0.842.